The molecule has 1 N–H and O–H groups in total. The number of aromatic nitrogens is 1. The first-order valence-electron chi connectivity index (χ1n) is 15.4. The molecule has 1 amide bonds. The number of hydrogen-bond acceptors (Lipinski definition) is 10. The molecule has 246 valence electrons. The van der Waals surface area contributed by atoms with Crippen molar-refractivity contribution in [1.29, 1.82) is 0 Å². The van der Waals surface area contributed by atoms with Gasteiger partial charge in [-0.25, -0.2) is 14.6 Å². The van der Waals surface area contributed by atoms with E-state index in [1.54, 1.807) is 34.9 Å². The van der Waals surface area contributed by atoms with Crippen LogP contribution in [0.5, 0.6) is 0 Å². The van der Waals surface area contributed by atoms with Crippen LogP contribution >= 0.6 is 58.4 Å². The monoisotopic (exact) mass is 730 g/mol. The van der Waals surface area contributed by atoms with Crippen LogP contribution in [0.15, 0.2) is 132 Å². The minimum atomic E-state index is -0.537. The second kappa shape index (κ2) is 16.4. The number of carbonyl (C=O) groups excluding carboxylic acids is 2. The van der Waals surface area contributed by atoms with Crippen LogP contribution < -0.4 is 5.32 Å². The van der Waals surface area contributed by atoms with Gasteiger partial charge in [0, 0.05) is 47.5 Å². The van der Waals surface area contributed by atoms with E-state index in [1.165, 1.54) is 30.7 Å². The smallest absolute Gasteiger partial charge is 0.407 e. The Labute approximate surface area is 301 Å². The average Bonchev–Trinajstić information content (AvgIpc) is 3.55. The van der Waals surface area contributed by atoms with Crippen molar-refractivity contribution in [2.45, 2.75) is 42.2 Å². The zero-order valence-electron chi connectivity index (χ0n) is 26.3. The molecule has 0 radical (unpaired) electrons. The van der Waals surface area contributed by atoms with Crippen LogP contribution in [-0.4, -0.2) is 48.3 Å². The van der Waals surface area contributed by atoms with E-state index in [-0.39, 0.29) is 25.2 Å². The number of amides is 1. The molecule has 0 saturated carbocycles. The number of para-hydroxylation sites is 1. The van der Waals surface area contributed by atoms with Crippen molar-refractivity contribution in [3.05, 3.63) is 104 Å². The van der Waals surface area contributed by atoms with Crippen LogP contribution in [0.4, 0.5) is 4.79 Å². The Morgan fingerprint density at radius 2 is 1.65 bits per heavy atom. The lowest BCUT2D eigenvalue weighted by molar-refractivity contribution is -0.137. The van der Waals surface area contributed by atoms with E-state index in [0.717, 1.165) is 43.5 Å². The number of thiazole rings is 1. The molecule has 1 atom stereocenters. The summed E-state index contributed by atoms with van der Waals surface area (Å²) >= 11 is 8.85. The Bertz CT molecular complexity index is 1900. The van der Waals surface area contributed by atoms with E-state index < -0.39 is 12.1 Å². The maximum absolute atomic E-state index is 12.7. The number of ether oxygens (including phenoxy) is 2. The summed E-state index contributed by atoms with van der Waals surface area (Å²) in [5.74, 6) is 0.956. The van der Waals surface area contributed by atoms with Gasteiger partial charge in [-0.3, -0.25) is 0 Å². The molecule has 0 fully saturated rings. The summed E-state index contributed by atoms with van der Waals surface area (Å²) in [5, 5.41) is 2.68. The molecule has 1 aliphatic heterocycles. The molecule has 11 heteroatoms. The molecular weight excluding hydrogens is 697 g/mol. The Kier molecular flexibility index (Phi) is 11.8. The number of nitrogens with one attached hydrogen (secondary N) is 1. The zero-order valence-corrected chi connectivity index (χ0v) is 30.4. The van der Waals surface area contributed by atoms with Gasteiger partial charge >= 0.3 is 12.1 Å². The summed E-state index contributed by atoms with van der Waals surface area (Å²) in [6, 6.07) is 32.0. The number of esters is 1. The first-order valence-corrected chi connectivity index (χ1v) is 19.9. The van der Waals surface area contributed by atoms with Crippen molar-refractivity contribution in [3.63, 3.8) is 0 Å². The van der Waals surface area contributed by atoms with Gasteiger partial charge in [0.1, 0.15) is 13.2 Å². The Morgan fingerprint density at radius 1 is 0.896 bits per heavy atom. The van der Waals surface area contributed by atoms with Crippen molar-refractivity contribution in [2.24, 2.45) is 5.41 Å². The largest absolute Gasteiger partial charge is 0.461 e. The van der Waals surface area contributed by atoms with Gasteiger partial charge in [0.05, 0.1) is 16.8 Å². The molecule has 48 heavy (non-hydrogen) atoms. The van der Waals surface area contributed by atoms with Gasteiger partial charge in [0.25, 0.3) is 0 Å². The number of thioether (sulfide) groups is 2. The van der Waals surface area contributed by atoms with E-state index in [4.69, 9.17) is 14.5 Å². The number of carbonyl (C=O) groups is 2. The molecular formula is C37H34N2O4S5. The fourth-order valence-corrected chi connectivity index (χ4v) is 11.1. The Morgan fingerprint density at radius 3 is 2.46 bits per heavy atom. The SMILES string of the molecule is C=CC(=O)OCCNC(=O)OCC(CC)(CSc1cccc(-c2cccc3c2Sc2ccccc2S3)c1)CSc1nc2ccccc2s1. The van der Waals surface area contributed by atoms with Gasteiger partial charge in [-0.05, 0) is 60.0 Å². The molecule has 1 unspecified atom stereocenters. The number of alkyl carbamates (subject to hydrolysis) is 1. The zero-order chi connectivity index (χ0) is 33.3. The first kappa shape index (κ1) is 34.5. The third kappa shape index (κ3) is 8.62. The summed E-state index contributed by atoms with van der Waals surface area (Å²) in [5.41, 5.74) is 3.09. The van der Waals surface area contributed by atoms with Crippen molar-refractivity contribution < 1.29 is 19.1 Å². The maximum Gasteiger partial charge on any atom is 0.407 e. The number of fused-ring (bicyclic) bond motifs is 3. The van der Waals surface area contributed by atoms with Crippen molar-refractivity contribution in [2.75, 3.05) is 31.3 Å². The number of hydrogen-bond donors (Lipinski definition) is 1. The molecule has 0 aliphatic carbocycles. The lowest BCUT2D eigenvalue weighted by Gasteiger charge is -2.31. The molecule has 5 aromatic rings. The van der Waals surface area contributed by atoms with Crippen LogP contribution in [0.1, 0.15) is 13.3 Å². The van der Waals surface area contributed by atoms with Gasteiger partial charge < -0.3 is 14.8 Å². The minimum absolute atomic E-state index is 0.0485. The predicted molar refractivity (Wildman–Crippen MR) is 201 cm³/mol. The topological polar surface area (TPSA) is 77.5 Å². The van der Waals surface area contributed by atoms with Crippen LogP contribution in [0.25, 0.3) is 21.3 Å². The number of rotatable bonds is 14. The summed E-state index contributed by atoms with van der Waals surface area (Å²) in [7, 11) is 0. The summed E-state index contributed by atoms with van der Waals surface area (Å²) in [6.07, 6.45) is 1.36. The quantitative estimate of drug-likeness (QED) is 0.0510. The van der Waals surface area contributed by atoms with E-state index in [9.17, 15) is 9.59 Å². The minimum Gasteiger partial charge on any atom is -0.461 e. The molecule has 6 nitrogen and oxygen atoms in total. The van der Waals surface area contributed by atoms with Gasteiger partial charge in [-0.1, -0.05) is 97.3 Å². The molecule has 0 bridgehead atoms. The van der Waals surface area contributed by atoms with Crippen LogP contribution in [0, 0.1) is 5.41 Å². The third-order valence-electron chi connectivity index (χ3n) is 7.77. The predicted octanol–water partition coefficient (Wildman–Crippen LogP) is 10.3. The number of benzene rings is 4. The lowest BCUT2D eigenvalue weighted by Crippen LogP contribution is -2.36. The fourth-order valence-electron chi connectivity index (χ4n) is 4.96. The Hall–Kier alpha value is -3.35. The van der Waals surface area contributed by atoms with Crippen molar-refractivity contribution >= 4 is 80.7 Å². The molecule has 2 heterocycles. The summed E-state index contributed by atoms with van der Waals surface area (Å²) in [6.45, 7) is 5.98. The molecule has 6 rings (SSSR count). The maximum atomic E-state index is 12.7. The van der Waals surface area contributed by atoms with Crippen LogP contribution in [0.3, 0.4) is 0 Å². The molecule has 1 aliphatic rings. The van der Waals surface area contributed by atoms with Crippen molar-refractivity contribution in [1.82, 2.24) is 10.3 Å². The lowest BCUT2D eigenvalue weighted by atomic mass is 9.91. The van der Waals surface area contributed by atoms with Crippen molar-refractivity contribution in [3.8, 4) is 11.1 Å². The van der Waals surface area contributed by atoms with E-state index in [2.05, 4.69) is 91.6 Å². The summed E-state index contributed by atoms with van der Waals surface area (Å²) < 4.78 is 12.9. The van der Waals surface area contributed by atoms with Gasteiger partial charge in [0.2, 0.25) is 0 Å². The standard InChI is InChI=1S/C37H34N2O4S5/c1-3-33(40)42-20-19-38-35(41)43-22-37(4-2,24-45-36-39-28-14-5-6-15-29(28)48-36)23-44-26-12-9-11-25(21-26)27-13-10-18-32-34(27)47-31-17-8-7-16-30(31)46-32/h3,5-18,21H,1,4,19-20,22-24H2,2H3,(H,38,41). The molecule has 1 aromatic heterocycles. The highest BCUT2D eigenvalue weighted by atomic mass is 32.2. The van der Waals surface area contributed by atoms with E-state index in [1.807, 2.05) is 41.7 Å². The summed E-state index contributed by atoms with van der Waals surface area (Å²) in [4.78, 5) is 35.1. The average molecular weight is 731 g/mol. The highest BCUT2D eigenvalue weighted by Gasteiger charge is 2.32. The van der Waals surface area contributed by atoms with E-state index in [0.29, 0.717) is 0 Å². The second-order valence-electron chi connectivity index (χ2n) is 11.1. The number of nitrogens with zero attached hydrogens (tertiary/aromatic N) is 1. The van der Waals surface area contributed by atoms with Gasteiger partial charge in [-0.2, -0.15) is 0 Å². The second-order valence-corrected chi connectivity index (χ2v) is 16.5. The normalized spacial score (nSPS) is 13.2. The van der Waals surface area contributed by atoms with Crippen LogP contribution in [-0.2, 0) is 14.3 Å². The fraction of sp³-hybridized carbons (Fsp3) is 0.216. The van der Waals surface area contributed by atoms with Crippen LogP contribution in [0.2, 0.25) is 0 Å². The molecule has 0 spiro atoms. The Balaban J connectivity index is 1.17. The highest BCUT2D eigenvalue weighted by Crippen LogP contribution is 2.51. The van der Waals surface area contributed by atoms with E-state index >= 15 is 0 Å². The van der Waals surface area contributed by atoms with Gasteiger partial charge in [0.15, 0.2) is 4.34 Å². The third-order valence-corrected chi connectivity index (χ3v) is 14.3. The van der Waals surface area contributed by atoms with Gasteiger partial charge in [-0.15, -0.1) is 23.1 Å². The molecule has 4 aromatic carbocycles. The molecule has 0 saturated heterocycles. The first-order chi connectivity index (χ1) is 23.4. The highest BCUT2D eigenvalue weighted by molar-refractivity contribution is 8.05.